The Kier molecular flexibility index (Phi) is 6.89. The Balaban J connectivity index is 1.53. The van der Waals surface area contributed by atoms with Crippen molar-refractivity contribution in [3.63, 3.8) is 0 Å². The van der Waals surface area contributed by atoms with Crippen LogP contribution in [0.4, 0.5) is 27.6 Å². The summed E-state index contributed by atoms with van der Waals surface area (Å²) < 4.78 is 69.2. The maximum absolute atomic E-state index is 14.9. The van der Waals surface area contributed by atoms with E-state index in [2.05, 4.69) is 10.3 Å². The maximum atomic E-state index is 14.9. The molecule has 1 aliphatic carbocycles. The van der Waals surface area contributed by atoms with Gasteiger partial charge in [-0.25, -0.2) is 8.78 Å². The quantitative estimate of drug-likeness (QED) is 0.375. The number of carbonyl (C=O) groups is 1. The second-order valence-corrected chi connectivity index (χ2v) is 10.9. The predicted molar refractivity (Wildman–Crippen MR) is 138 cm³/mol. The summed E-state index contributed by atoms with van der Waals surface area (Å²) in [7, 11) is 1.76. The molecular weight excluding hydrogens is 513 g/mol. The van der Waals surface area contributed by atoms with E-state index in [-0.39, 0.29) is 23.6 Å². The number of fused-ring (bicyclic) bond motifs is 3. The van der Waals surface area contributed by atoms with Crippen LogP contribution in [-0.4, -0.2) is 30.7 Å². The molecule has 1 amide bonds. The van der Waals surface area contributed by atoms with Crippen LogP contribution in [0.15, 0.2) is 67.0 Å². The van der Waals surface area contributed by atoms with Gasteiger partial charge in [0.2, 0.25) is 11.6 Å². The number of hydrogen-bond donors (Lipinski definition) is 1. The van der Waals surface area contributed by atoms with Crippen LogP contribution in [0.3, 0.4) is 0 Å². The van der Waals surface area contributed by atoms with Gasteiger partial charge in [0.15, 0.2) is 0 Å². The van der Waals surface area contributed by atoms with Crippen molar-refractivity contribution >= 4 is 11.6 Å². The Morgan fingerprint density at radius 2 is 1.74 bits per heavy atom. The summed E-state index contributed by atoms with van der Waals surface area (Å²) in [6.45, 7) is 1.31. The number of anilines is 1. The number of pyridine rings is 1. The van der Waals surface area contributed by atoms with E-state index >= 15 is 0 Å². The van der Waals surface area contributed by atoms with E-state index in [1.54, 1.807) is 37.6 Å². The van der Waals surface area contributed by atoms with Crippen molar-refractivity contribution in [2.75, 3.05) is 18.5 Å². The molecule has 4 nitrogen and oxygen atoms in total. The molecule has 9 heteroatoms. The Morgan fingerprint density at radius 3 is 2.41 bits per heavy atom. The molecule has 1 saturated carbocycles. The molecule has 0 spiro atoms. The fourth-order valence-electron chi connectivity index (χ4n) is 6.35. The summed E-state index contributed by atoms with van der Waals surface area (Å²) in [6.07, 6.45) is -0.0473. The summed E-state index contributed by atoms with van der Waals surface area (Å²) in [5.41, 5.74) is -1.44. The number of nitrogens with one attached hydrogen (secondary N) is 1. The largest absolute Gasteiger partial charge is 0.426 e. The van der Waals surface area contributed by atoms with Crippen molar-refractivity contribution in [3.8, 4) is 0 Å². The van der Waals surface area contributed by atoms with Gasteiger partial charge in [0, 0.05) is 55.1 Å². The molecule has 2 aliphatic rings. The van der Waals surface area contributed by atoms with Crippen molar-refractivity contribution < 1.29 is 26.7 Å². The third-order valence-electron chi connectivity index (χ3n) is 8.57. The van der Waals surface area contributed by atoms with Crippen LogP contribution in [0, 0.1) is 17.7 Å². The van der Waals surface area contributed by atoms with Gasteiger partial charge in [-0.15, -0.1) is 0 Å². The summed E-state index contributed by atoms with van der Waals surface area (Å²) in [5, 5.41) is 3.04. The number of halogens is 5. The molecule has 0 bridgehead atoms. The third-order valence-corrected chi connectivity index (χ3v) is 8.57. The van der Waals surface area contributed by atoms with Gasteiger partial charge >= 0.3 is 6.18 Å². The van der Waals surface area contributed by atoms with Crippen LogP contribution in [0.1, 0.15) is 42.0 Å². The highest BCUT2D eigenvalue weighted by Crippen LogP contribution is 2.57. The molecule has 1 aromatic heterocycles. The zero-order valence-corrected chi connectivity index (χ0v) is 21.7. The number of nitrogens with zero attached hydrogens (tertiary/aromatic N) is 2. The van der Waals surface area contributed by atoms with Gasteiger partial charge in [-0.05, 0) is 79.1 Å². The zero-order chi connectivity index (χ0) is 28.0. The molecule has 0 radical (unpaired) electrons. The first-order valence-electron chi connectivity index (χ1n) is 13.0. The Hall–Kier alpha value is -3.49. The van der Waals surface area contributed by atoms with Crippen molar-refractivity contribution in [1.82, 2.24) is 10.3 Å². The lowest BCUT2D eigenvalue weighted by atomic mass is 9.64. The Morgan fingerprint density at radius 1 is 1.05 bits per heavy atom. The van der Waals surface area contributed by atoms with Gasteiger partial charge in [-0.1, -0.05) is 24.3 Å². The molecule has 4 atom stereocenters. The van der Waals surface area contributed by atoms with Gasteiger partial charge in [0.05, 0.1) is 0 Å². The second kappa shape index (κ2) is 9.92. The van der Waals surface area contributed by atoms with Crippen molar-refractivity contribution in [2.24, 2.45) is 11.8 Å². The molecule has 2 aromatic carbocycles. The highest BCUT2D eigenvalue weighted by molar-refractivity contribution is 5.80. The van der Waals surface area contributed by atoms with E-state index in [0.717, 1.165) is 16.7 Å². The number of hydrogen-bond acceptors (Lipinski definition) is 3. The second-order valence-electron chi connectivity index (χ2n) is 10.9. The van der Waals surface area contributed by atoms with Gasteiger partial charge in [0.25, 0.3) is 0 Å². The molecule has 206 valence electrons. The fourth-order valence-corrected chi connectivity index (χ4v) is 6.35. The molecule has 39 heavy (non-hydrogen) atoms. The standard InChI is InChI=1S/C30H30F5N3O/c1-28(32,30(33,34)35)21-5-8-24-26(15-21)38(2)18-25-23(27(39)37-17-20-10-13-36-14-11-20)9-12-29(24,25)16-19-3-6-22(31)7-4-19/h3-8,10-11,13-15,23,25H,9,12,16-18H2,1-2H3,(H,37,39)/t23-,25+,28?,29-/m1/s1. The minimum atomic E-state index is -5.06. The third kappa shape index (κ3) is 4.87. The van der Waals surface area contributed by atoms with Gasteiger partial charge in [0.1, 0.15) is 5.82 Å². The number of benzene rings is 2. The number of rotatable bonds is 6. The van der Waals surface area contributed by atoms with Crippen molar-refractivity contribution in [3.05, 3.63) is 95.1 Å². The Labute approximate surface area is 224 Å². The fraction of sp³-hybridized carbons (Fsp3) is 0.400. The van der Waals surface area contributed by atoms with Crippen LogP contribution in [0.25, 0.3) is 0 Å². The summed E-state index contributed by atoms with van der Waals surface area (Å²) in [4.78, 5) is 19.3. The molecule has 5 rings (SSSR count). The van der Waals surface area contributed by atoms with E-state index in [4.69, 9.17) is 0 Å². The van der Waals surface area contributed by atoms with E-state index in [9.17, 15) is 26.7 Å². The Bertz CT molecular complexity index is 1340. The molecule has 1 N–H and O–H groups in total. The topological polar surface area (TPSA) is 45.2 Å². The van der Waals surface area contributed by atoms with Crippen LogP contribution in [-0.2, 0) is 28.8 Å². The lowest BCUT2D eigenvalue weighted by Crippen LogP contribution is -2.49. The summed E-state index contributed by atoms with van der Waals surface area (Å²) in [6, 6.07) is 13.9. The minimum Gasteiger partial charge on any atom is -0.374 e. The number of alkyl halides is 4. The van der Waals surface area contributed by atoms with Crippen LogP contribution in [0.5, 0.6) is 0 Å². The van der Waals surface area contributed by atoms with Gasteiger partial charge in [-0.2, -0.15) is 13.2 Å². The molecule has 1 aliphatic heterocycles. The summed E-state index contributed by atoms with van der Waals surface area (Å²) in [5.74, 6) is -0.929. The predicted octanol–water partition coefficient (Wildman–Crippen LogP) is 6.24. The van der Waals surface area contributed by atoms with E-state index in [1.807, 2.05) is 17.0 Å². The first-order chi connectivity index (χ1) is 18.4. The van der Waals surface area contributed by atoms with Gasteiger partial charge in [-0.3, -0.25) is 9.78 Å². The lowest BCUT2D eigenvalue weighted by molar-refractivity contribution is -0.228. The normalized spacial score (nSPS) is 24.0. The van der Waals surface area contributed by atoms with Crippen LogP contribution >= 0.6 is 0 Å². The van der Waals surface area contributed by atoms with E-state index in [0.29, 0.717) is 45.0 Å². The maximum Gasteiger partial charge on any atom is 0.426 e. The van der Waals surface area contributed by atoms with E-state index in [1.165, 1.54) is 24.3 Å². The molecule has 0 saturated heterocycles. The van der Waals surface area contributed by atoms with Crippen molar-refractivity contribution in [1.29, 1.82) is 0 Å². The average molecular weight is 544 g/mol. The number of aromatic nitrogens is 1. The summed E-state index contributed by atoms with van der Waals surface area (Å²) >= 11 is 0. The number of amides is 1. The molecular formula is C30H30F5N3O. The SMILES string of the molecule is CN1C[C@H]2[C@H](C(=O)NCc3ccncc3)CC[C@@]2(Cc2ccc(F)cc2)c2ccc(C(C)(F)C(F)(F)F)cc21. The van der Waals surface area contributed by atoms with Gasteiger partial charge < -0.3 is 10.2 Å². The molecule has 1 unspecified atom stereocenters. The van der Waals surface area contributed by atoms with Crippen LogP contribution in [0.2, 0.25) is 0 Å². The average Bonchev–Trinajstić information content (AvgIpc) is 3.27. The highest BCUT2D eigenvalue weighted by Gasteiger charge is 2.57. The first kappa shape index (κ1) is 27.1. The molecule has 1 fully saturated rings. The van der Waals surface area contributed by atoms with Crippen molar-refractivity contribution in [2.45, 2.75) is 50.0 Å². The number of carbonyl (C=O) groups excluding carboxylic acids is 1. The minimum absolute atomic E-state index is 0.0836. The highest BCUT2D eigenvalue weighted by atomic mass is 19.4. The lowest BCUT2D eigenvalue weighted by Gasteiger charge is -2.47. The molecule has 3 aromatic rings. The smallest absolute Gasteiger partial charge is 0.374 e. The monoisotopic (exact) mass is 543 g/mol. The molecule has 2 heterocycles. The van der Waals surface area contributed by atoms with E-state index < -0.39 is 22.8 Å². The first-order valence-corrected chi connectivity index (χ1v) is 13.0. The zero-order valence-electron chi connectivity index (χ0n) is 21.7. The van der Waals surface area contributed by atoms with Crippen LogP contribution < -0.4 is 10.2 Å².